The molecule has 18 heavy (non-hydrogen) atoms. The maximum absolute atomic E-state index is 4.54. The zero-order valence-electron chi connectivity index (χ0n) is 10.8. The Bertz CT molecular complexity index is 537. The molecule has 1 aromatic carbocycles. The van der Waals surface area contributed by atoms with E-state index in [9.17, 15) is 0 Å². The summed E-state index contributed by atoms with van der Waals surface area (Å²) in [7, 11) is 2.01. The first-order chi connectivity index (χ1) is 8.60. The van der Waals surface area contributed by atoms with Crippen LogP contribution in [0.25, 0.3) is 0 Å². The molecule has 0 bridgehead atoms. The molecule has 0 aliphatic rings. The third kappa shape index (κ3) is 2.88. The van der Waals surface area contributed by atoms with Gasteiger partial charge >= 0.3 is 0 Å². The van der Waals surface area contributed by atoms with Gasteiger partial charge in [-0.05, 0) is 35.0 Å². The molecule has 0 fully saturated rings. The molecule has 1 aromatic heterocycles. The molecule has 4 heteroatoms. The highest BCUT2D eigenvalue weighted by atomic mass is 79.9. The molecule has 0 saturated heterocycles. The van der Waals surface area contributed by atoms with Crippen LogP contribution in [0.2, 0.25) is 0 Å². The van der Waals surface area contributed by atoms with Crippen molar-refractivity contribution in [3.63, 3.8) is 0 Å². The van der Waals surface area contributed by atoms with Gasteiger partial charge in [0.1, 0.15) is 16.2 Å². The van der Waals surface area contributed by atoms with E-state index in [0.29, 0.717) is 0 Å². The minimum atomic E-state index is 0.823. The Balaban J connectivity index is 2.35. The lowest BCUT2D eigenvalue weighted by molar-refractivity contribution is 0.915. The van der Waals surface area contributed by atoms with E-state index in [1.165, 1.54) is 5.56 Å². The highest BCUT2D eigenvalue weighted by Crippen LogP contribution is 2.24. The van der Waals surface area contributed by atoms with Crippen LogP contribution in [0.1, 0.15) is 18.3 Å². The third-order valence-corrected chi connectivity index (χ3v) is 3.22. The lowest BCUT2D eigenvalue weighted by Gasteiger charge is -2.19. The number of hydrogen-bond donors (Lipinski definition) is 0. The van der Waals surface area contributed by atoms with E-state index in [2.05, 4.69) is 68.9 Å². The van der Waals surface area contributed by atoms with E-state index in [0.717, 1.165) is 28.4 Å². The Labute approximate surface area is 116 Å². The molecule has 0 spiro atoms. The number of halogens is 1. The predicted molar refractivity (Wildman–Crippen MR) is 78.4 cm³/mol. The minimum Gasteiger partial charge on any atom is -0.329 e. The fraction of sp³-hybridized carbons (Fsp3) is 0.286. The summed E-state index contributed by atoms with van der Waals surface area (Å²) >= 11 is 3.43. The van der Waals surface area contributed by atoms with Gasteiger partial charge in [0.15, 0.2) is 0 Å². The van der Waals surface area contributed by atoms with Crippen molar-refractivity contribution in [1.29, 1.82) is 0 Å². The fourth-order valence-corrected chi connectivity index (χ4v) is 2.09. The van der Waals surface area contributed by atoms with Gasteiger partial charge in [-0.2, -0.15) is 0 Å². The second-order valence-corrected chi connectivity index (χ2v) is 5.03. The smallest absolute Gasteiger partial charge is 0.137 e. The van der Waals surface area contributed by atoms with E-state index in [-0.39, 0.29) is 0 Å². The van der Waals surface area contributed by atoms with Gasteiger partial charge in [0.2, 0.25) is 0 Å². The Kier molecular flexibility index (Phi) is 3.97. The third-order valence-electron chi connectivity index (χ3n) is 2.81. The second kappa shape index (κ2) is 5.48. The van der Waals surface area contributed by atoms with Gasteiger partial charge in [-0.25, -0.2) is 9.97 Å². The Morgan fingerprint density at radius 1 is 1.17 bits per heavy atom. The molecule has 0 unspecified atom stereocenters. The monoisotopic (exact) mass is 305 g/mol. The lowest BCUT2D eigenvalue weighted by Crippen LogP contribution is -2.12. The molecule has 3 nitrogen and oxygen atoms in total. The Morgan fingerprint density at radius 3 is 2.44 bits per heavy atom. The van der Waals surface area contributed by atoms with Crippen molar-refractivity contribution in [3.05, 3.63) is 46.3 Å². The number of anilines is 2. The van der Waals surface area contributed by atoms with E-state index in [4.69, 9.17) is 0 Å². The molecule has 1 heterocycles. The number of aromatic nitrogens is 2. The molecule has 0 atom stereocenters. The predicted octanol–water partition coefficient (Wildman–Crippen LogP) is 3.88. The van der Waals surface area contributed by atoms with Gasteiger partial charge in [0, 0.05) is 25.2 Å². The molecule has 2 rings (SSSR count). The summed E-state index contributed by atoms with van der Waals surface area (Å²) in [5.41, 5.74) is 2.37. The van der Waals surface area contributed by atoms with Crippen LogP contribution in [0.3, 0.4) is 0 Å². The van der Waals surface area contributed by atoms with E-state index >= 15 is 0 Å². The standard InChI is InChI=1S/C14H16BrN3/c1-4-13-16-12(15)9-14(17-13)18(3)11-7-5-10(2)6-8-11/h5-9H,4H2,1-3H3. The Hall–Kier alpha value is -1.42. The first-order valence-electron chi connectivity index (χ1n) is 5.94. The number of aryl methyl sites for hydroxylation is 2. The molecule has 0 radical (unpaired) electrons. The van der Waals surface area contributed by atoms with E-state index in [1.807, 2.05) is 13.1 Å². The molecule has 0 aliphatic carbocycles. The zero-order valence-corrected chi connectivity index (χ0v) is 12.4. The zero-order chi connectivity index (χ0) is 13.1. The van der Waals surface area contributed by atoms with Crippen molar-refractivity contribution in [1.82, 2.24) is 9.97 Å². The van der Waals surface area contributed by atoms with Crippen LogP contribution < -0.4 is 4.90 Å². The van der Waals surface area contributed by atoms with Crippen LogP contribution in [-0.2, 0) is 6.42 Å². The summed E-state index contributed by atoms with van der Waals surface area (Å²) < 4.78 is 0.823. The molecule has 0 saturated carbocycles. The molecule has 2 aromatic rings. The summed E-state index contributed by atoms with van der Waals surface area (Å²) in [6.07, 6.45) is 0.828. The maximum atomic E-state index is 4.54. The van der Waals surface area contributed by atoms with Gasteiger partial charge in [-0.1, -0.05) is 24.6 Å². The topological polar surface area (TPSA) is 29.0 Å². The SMILES string of the molecule is CCc1nc(Br)cc(N(C)c2ccc(C)cc2)n1. The summed E-state index contributed by atoms with van der Waals surface area (Å²) in [6, 6.07) is 10.3. The van der Waals surface area contributed by atoms with Crippen molar-refractivity contribution < 1.29 is 0 Å². The molecule has 94 valence electrons. The fourth-order valence-electron chi connectivity index (χ4n) is 1.68. The van der Waals surface area contributed by atoms with Crippen molar-refractivity contribution in [2.45, 2.75) is 20.3 Å². The Morgan fingerprint density at radius 2 is 1.83 bits per heavy atom. The molecule has 0 N–H and O–H groups in total. The van der Waals surface area contributed by atoms with Gasteiger partial charge < -0.3 is 4.90 Å². The van der Waals surface area contributed by atoms with Crippen LogP contribution in [0.15, 0.2) is 34.9 Å². The summed E-state index contributed by atoms with van der Waals surface area (Å²) in [6.45, 7) is 4.14. The van der Waals surface area contributed by atoms with Crippen molar-refractivity contribution in [3.8, 4) is 0 Å². The number of rotatable bonds is 3. The minimum absolute atomic E-state index is 0.823. The van der Waals surface area contributed by atoms with Crippen LogP contribution in [-0.4, -0.2) is 17.0 Å². The van der Waals surface area contributed by atoms with Crippen LogP contribution in [0, 0.1) is 6.92 Å². The first-order valence-corrected chi connectivity index (χ1v) is 6.73. The number of benzene rings is 1. The second-order valence-electron chi connectivity index (χ2n) is 4.21. The average molecular weight is 306 g/mol. The molecule has 0 amide bonds. The first kappa shape index (κ1) is 13.0. The van der Waals surface area contributed by atoms with Crippen molar-refractivity contribution in [2.75, 3.05) is 11.9 Å². The van der Waals surface area contributed by atoms with Gasteiger partial charge in [0.05, 0.1) is 0 Å². The van der Waals surface area contributed by atoms with E-state index in [1.54, 1.807) is 0 Å². The molecule has 0 aliphatic heterocycles. The van der Waals surface area contributed by atoms with Crippen LogP contribution >= 0.6 is 15.9 Å². The highest BCUT2D eigenvalue weighted by molar-refractivity contribution is 9.10. The van der Waals surface area contributed by atoms with Crippen LogP contribution in [0.5, 0.6) is 0 Å². The normalized spacial score (nSPS) is 10.4. The largest absolute Gasteiger partial charge is 0.329 e. The van der Waals surface area contributed by atoms with E-state index < -0.39 is 0 Å². The summed E-state index contributed by atoms with van der Waals surface area (Å²) in [5, 5.41) is 0. The number of nitrogens with zero attached hydrogens (tertiary/aromatic N) is 3. The average Bonchev–Trinajstić information content (AvgIpc) is 2.38. The highest BCUT2D eigenvalue weighted by Gasteiger charge is 2.08. The van der Waals surface area contributed by atoms with Gasteiger partial charge in [0.25, 0.3) is 0 Å². The van der Waals surface area contributed by atoms with Gasteiger partial charge in [-0.3, -0.25) is 0 Å². The quantitative estimate of drug-likeness (QED) is 0.806. The number of hydrogen-bond acceptors (Lipinski definition) is 3. The molecular weight excluding hydrogens is 290 g/mol. The summed E-state index contributed by atoms with van der Waals surface area (Å²) in [4.78, 5) is 10.9. The molecular formula is C14H16BrN3. The lowest BCUT2D eigenvalue weighted by atomic mass is 10.2. The van der Waals surface area contributed by atoms with Crippen molar-refractivity contribution >= 4 is 27.4 Å². The summed E-state index contributed by atoms with van der Waals surface area (Å²) in [5.74, 6) is 1.75. The van der Waals surface area contributed by atoms with Crippen molar-refractivity contribution in [2.24, 2.45) is 0 Å². The van der Waals surface area contributed by atoms with Crippen LogP contribution in [0.4, 0.5) is 11.5 Å². The van der Waals surface area contributed by atoms with Gasteiger partial charge in [-0.15, -0.1) is 0 Å². The maximum Gasteiger partial charge on any atom is 0.137 e.